The highest BCUT2D eigenvalue weighted by Gasteiger charge is 2.09. The molecule has 0 atom stereocenters. The van der Waals surface area contributed by atoms with Gasteiger partial charge in [0.15, 0.2) is 0 Å². The van der Waals surface area contributed by atoms with Gasteiger partial charge in [-0.05, 0) is 38.0 Å². The van der Waals surface area contributed by atoms with Crippen LogP contribution in [-0.2, 0) is 5.88 Å². The van der Waals surface area contributed by atoms with Crippen molar-refractivity contribution < 1.29 is 0 Å². The normalized spacial score (nSPS) is 10.8. The molecule has 1 heterocycles. The average molecular weight is 235 g/mol. The zero-order chi connectivity index (χ0) is 11.7. The Bertz CT molecular complexity index is 515. The van der Waals surface area contributed by atoms with Crippen molar-refractivity contribution in [2.24, 2.45) is 0 Å². The molecule has 1 aromatic carbocycles. The van der Waals surface area contributed by atoms with Crippen molar-refractivity contribution in [3.63, 3.8) is 0 Å². The molecule has 0 amide bonds. The lowest BCUT2D eigenvalue weighted by molar-refractivity contribution is 0.837. The van der Waals surface area contributed by atoms with Crippen LogP contribution in [0.1, 0.15) is 22.4 Å². The highest BCUT2D eigenvalue weighted by Crippen LogP contribution is 2.19. The van der Waals surface area contributed by atoms with Gasteiger partial charge in [0.05, 0.1) is 17.8 Å². The Labute approximate surface area is 101 Å². The number of halogens is 1. The molecule has 0 fully saturated rings. The molecule has 84 valence electrons. The van der Waals surface area contributed by atoms with Crippen LogP contribution in [0, 0.1) is 20.8 Å². The number of nitrogens with zero attached hydrogens (tertiary/aromatic N) is 2. The molecule has 0 aliphatic heterocycles. The van der Waals surface area contributed by atoms with Crippen LogP contribution in [0.4, 0.5) is 0 Å². The van der Waals surface area contributed by atoms with Crippen LogP contribution in [0.25, 0.3) is 5.69 Å². The van der Waals surface area contributed by atoms with Gasteiger partial charge < -0.3 is 0 Å². The average Bonchev–Trinajstić information content (AvgIpc) is 2.63. The number of rotatable bonds is 2. The molecule has 3 heteroatoms. The van der Waals surface area contributed by atoms with E-state index < -0.39 is 0 Å². The Morgan fingerprint density at radius 1 is 1.25 bits per heavy atom. The molecular weight excluding hydrogens is 220 g/mol. The Morgan fingerprint density at radius 2 is 2.00 bits per heavy atom. The Balaban J connectivity index is 2.58. The molecule has 0 aliphatic rings. The van der Waals surface area contributed by atoms with Gasteiger partial charge in [0.2, 0.25) is 0 Å². The van der Waals surface area contributed by atoms with E-state index in [2.05, 4.69) is 37.1 Å². The lowest BCUT2D eigenvalue weighted by Gasteiger charge is -2.09. The van der Waals surface area contributed by atoms with Gasteiger partial charge in [-0.25, -0.2) is 4.68 Å². The first-order valence-electron chi connectivity index (χ1n) is 5.30. The van der Waals surface area contributed by atoms with Gasteiger partial charge in [-0.15, -0.1) is 11.6 Å². The molecule has 2 aromatic rings. The fourth-order valence-corrected chi connectivity index (χ4v) is 2.03. The zero-order valence-electron chi connectivity index (χ0n) is 9.79. The number of benzene rings is 1. The van der Waals surface area contributed by atoms with Crippen LogP contribution in [0.3, 0.4) is 0 Å². The third-order valence-corrected chi connectivity index (χ3v) is 3.14. The zero-order valence-corrected chi connectivity index (χ0v) is 10.5. The lowest BCUT2D eigenvalue weighted by Crippen LogP contribution is -2.02. The Hall–Kier alpha value is -1.28. The molecule has 0 bridgehead atoms. The molecule has 0 aliphatic carbocycles. The predicted octanol–water partition coefficient (Wildman–Crippen LogP) is 3.54. The van der Waals surface area contributed by atoms with Crippen molar-refractivity contribution >= 4 is 11.6 Å². The number of alkyl halides is 1. The Kier molecular flexibility index (Phi) is 3.01. The van der Waals surface area contributed by atoms with Crippen molar-refractivity contribution in [3.8, 4) is 5.69 Å². The van der Waals surface area contributed by atoms with Gasteiger partial charge >= 0.3 is 0 Å². The van der Waals surface area contributed by atoms with Gasteiger partial charge in [0.1, 0.15) is 0 Å². The second-order valence-corrected chi connectivity index (χ2v) is 4.36. The summed E-state index contributed by atoms with van der Waals surface area (Å²) >= 11 is 5.85. The summed E-state index contributed by atoms with van der Waals surface area (Å²) in [7, 11) is 0. The summed E-state index contributed by atoms with van der Waals surface area (Å²) in [5.74, 6) is 0.511. The molecule has 0 unspecified atom stereocenters. The van der Waals surface area contributed by atoms with E-state index in [1.807, 2.05) is 17.8 Å². The largest absolute Gasteiger partial charge is 0.238 e. The highest BCUT2D eigenvalue weighted by molar-refractivity contribution is 6.17. The van der Waals surface area contributed by atoms with E-state index >= 15 is 0 Å². The van der Waals surface area contributed by atoms with Crippen molar-refractivity contribution in [1.82, 2.24) is 9.78 Å². The summed E-state index contributed by atoms with van der Waals surface area (Å²) in [5, 5.41) is 4.39. The van der Waals surface area contributed by atoms with E-state index in [0.717, 1.165) is 16.9 Å². The fourth-order valence-electron chi connectivity index (χ4n) is 1.77. The minimum Gasteiger partial charge on any atom is -0.238 e. The van der Waals surface area contributed by atoms with E-state index in [4.69, 9.17) is 11.6 Å². The number of hydrogen-bond donors (Lipinski definition) is 0. The number of aryl methyl sites for hydroxylation is 2. The summed E-state index contributed by atoms with van der Waals surface area (Å²) in [6.07, 6.45) is 1.84. The van der Waals surface area contributed by atoms with E-state index in [1.165, 1.54) is 11.1 Å². The van der Waals surface area contributed by atoms with Crippen LogP contribution in [0.2, 0.25) is 0 Å². The van der Waals surface area contributed by atoms with Crippen LogP contribution in [-0.4, -0.2) is 9.78 Å². The summed E-state index contributed by atoms with van der Waals surface area (Å²) in [5.41, 5.74) is 5.79. The SMILES string of the molecule is Cc1ccc(C)c(-n2ncc(CCl)c2C)c1. The minimum atomic E-state index is 0.511. The fraction of sp³-hybridized carbons (Fsp3) is 0.308. The predicted molar refractivity (Wildman–Crippen MR) is 67.3 cm³/mol. The highest BCUT2D eigenvalue weighted by atomic mass is 35.5. The minimum absolute atomic E-state index is 0.511. The molecule has 2 rings (SSSR count). The van der Waals surface area contributed by atoms with Crippen molar-refractivity contribution in [2.75, 3.05) is 0 Å². The summed E-state index contributed by atoms with van der Waals surface area (Å²) in [4.78, 5) is 0. The monoisotopic (exact) mass is 234 g/mol. The van der Waals surface area contributed by atoms with Crippen molar-refractivity contribution in [2.45, 2.75) is 26.7 Å². The molecule has 16 heavy (non-hydrogen) atoms. The van der Waals surface area contributed by atoms with Crippen LogP contribution in [0.15, 0.2) is 24.4 Å². The second-order valence-electron chi connectivity index (χ2n) is 4.09. The van der Waals surface area contributed by atoms with Crippen LogP contribution >= 0.6 is 11.6 Å². The van der Waals surface area contributed by atoms with Crippen molar-refractivity contribution in [1.29, 1.82) is 0 Å². The third kappa shape index (κ3) is 1.85. The van der Waals surface area contributed by atoms with Crippen LogP contribution < -0.4 is 0 Å². The first kappa shape index (κ1) is 11.2. The van der Waals surface area contributed by atoms with E-state index in [1.54, 1.807) is 0 Å². The maximum Gasteiger partial charge on any atom is 0.0680 e. The molecule has 2 nitrogen and oxygen atoms in total. The second kappa shape index (κ2) is 4.30. The van der Waals surface area contributed by atoms with E-state index in [9.17, 15) is 0 Å². The number of hydrogen-bond acceptors (Lipinski definition) is 1. The van der Waals surface area contributed by atoms with Gasteiger partial charge in [-0.1, -0.05) is 12.1 Å². The molecule has 1 aromatic heterocycles. The summed E-state index contributed by atoms with van der Waals surface area (Å²) in [6, 6.07) is 6.37. The summed E-state index contributed by atoms with van der Waals surface area (Å²) < 4.78 is 1.96. The van der Waals surface area contributed by atoms with Gasteiger partial charge in [-0.2, -0.15) is 5.10 Å². The molecule has 0 saturated heterocycles. The van der Waals surface area contributed by atoms with Gasteiger partial charge in [-0.3, -0.25) is 0 Å². The van der Waals surface area contributed by atoms with Gasteiger partial charge in [0, 0.05) is 11.3 Å². The first-order valence-corrected chi connectivity index (χ1v) is 5.84. The molecule has 0 N–H and O–H groups in total. The van der Waals surface area contributed by atoms with Crippen LogP contribution in [0.5, 0.6) is 0 Å². The molecule has 0 radical (unpaired) electrons. The van der Waals surface area contributed by atoms with Gasteiger partial charge in [0.25, 0.3) is 0 Å². The molecular formula is C13H15ClN2. The Morgan fingerprint density at radius 3 is 2.62 bits per heavy atom. The summed E-state index contributed by atoms with van der Waals surface area (Å²) in [6.45, 7) is 6.23. The lowest BCUT2D eigenvalue weighted by atomic mass is 10.1. The maximum absolute atomic E-state index is 5.85. The number of aromatic nitrogens is 2. The topological polar surface area (TPSA) is 17.8 Å². The smallest absolute Gasteiger partial charge is 0.0680 e. The first-order chi connectivity index (χ1) is 7.63. The molecule has 0 saturated carbocycles. The molecule has 0 spiro atoms. The third-order valence-electron chi connectivity index (χ3n) is 2.85. The quantitative estimate of drug-likeness (QED) is 0.727. The van der Waals surface area contributed by atoms with E-state index in [0.29, 0.717) is 5.88 Å². The standard InChI is InChI=1S/C13H15ClN2/c1-9-4-5-10(2)13(6-9)16-11(3)12(7-14)8-15-16/h4-6,8H,7H2,1-3H3. The van der Waals surface area contributed by atoms with Crippen molar-refractivity contribution in [3.05, 3.63) is 46.8 Å². The van der Waals surface area contributed by atoms with E-state index in [-0.39, 0.29) is 0 Å². The maximum atomic E-state index is 5.85.